The van der Waals surface area contributed by atoms with Crippen LogP contribution in [0.2, 0.25) is 0 Å². The SMILES string of the molecule is C=C(NC(=O)C(Cc1ccccc1)NC(=O)OC(C)(C)C)C(=O)OC(C)C. The second-order valence-corrected chi connectivity index (χ2v) is 7.31. The Bertz CT molecular complexity index is 677. The molecule has 0 saturated heterocycles. The number of hydrogen-bond acceptors (Lipinski definition) is 5. The van der Waals surface area contributed by atoms with E-state index < -0.39 is 29.6 Å². The van der Waals surface area contributed by atoms with Crippen LogP contribution in [0, 0.1) is 0 Å². The van der Waals surface area contributed by atoms with Crippen molar-refractivity contribution in [1.82, 2.24) is 10.6 Å². The van der Waals surface area contributed by atoms with Crippen LogP contribution in [-0.4, -0.2) is 35.7 Å². The molecular weight excluding hydrogens is 348 g/mol. The minimum atomic E-state index is -0.953. The van der Waals surface area contributed by atoms with Gasteiger partial charge in [0.2, 0.25) is 5.91 Å². The molecule has 7 nitrogen and oxygen atoms in total. The van der Waals surface area contributed by atoms with Gasteiger partial charge in [0.25, 0.3) is 0 Å². The Morgan fingerprint density at radius 1 is 1.11 bits per heavy atom. The number of esters is 1. The number of amides is 2. The number of rotatable bonds is 7. The summed E-state index contributed by atoms with van der Waals surface area (Å²) in [5.41, 5.74) is -0.0652. The molecule has 1 atom stereocenters. The second-order valence-electron chi connectivity index (χ2n) is 7.31. The maximum absolute atomic E-state index is 12.6. The summed E-state index contributed by atoms with van der Waals surface area (Å²) in [4.78, 5) is 36.5. The van der Waals surface area contributed by atoms with Crippen molar-refractivity contribution >= 4 is 18.0 Å². The number of carbonyl (C=O) groups is 3. The molecule has 27 heavy (non-hydrogen) atoms. The van der Waals surface area contributed by atoms with E-state index in [4.69, 9.17) is 9.47 Å². The van der Waals surface area contributed by atoms with Crippen LogP contribution in [0.4, 0.5) is 4.79 Å². The molecule has 1 aromatic carbocycles. The lowest BCUT2D eigenvalue weighted by Crippen LogP contribution is -2.49. The zero-order valence-electron chi connectivity index (χ0n) is 16.5. The van der Waals surface area contributed by atoms with Crippen LogP contribution in [0.1, 0.15) is 40.2 Å². The van der Waals surface area contributed by atoms with Gasteiger partial charge in [-0.05, 0) is 40.2 Å². The highest BCUT2D eigenvalue weighted by molar-refractivity contribution is 5.96. The lowest BCUT2D eigenvalue weighted by Gasteiger charge is -2.23. The number of benzene rings is 1. The van der Waals surface area contributed by atoms with Crippen molar-refractivity contribution < 1.29 is 23.9 Å². The summed E-state index contributed by atoms with van der Waals surface area (Å²) in [6.07, 6.45) is -0.849. The van der Waals surface area contributed by atoms with Gasteiger partial charge >= 0.3 is 12.1 Å². The van der Waals surface area contributed by atoms with Gasteiger partial charge in [0, 0.05) is 6.42 Å². The third-order valence-corrected chi connectivity index (χ3v) is 3.15. The fourth-order valence-corrected chi connectivity index (χ4v) is 2.08. The van der Waals surface area contributed by atoms with Crippen LogP contribution in [0.15, 0.2) is 42.6 Å². The van der Waals surface area contributed by atoms with Crippen LogP contribution >= 0.6 is 0 Å². The molecule has 148 valence electrons. The Balaban J connectivity index is 2.85. The molecule has 1 rings (SSSR count). The molecule has 2 amide bonds. The van der Waals surface area contributed by atoms with E-state index in [2.05, 4.69) is 17.2 Å². The third-order valence-electron chi connectivity index (χ3n) is 3.15. The van der Waals surface area contributed by atoms with Gasteiger partial charge in [0.1, 0.15) is 17.3 Å². The van der Waals surface area contributed by atoms with Gasteiger partial charge < -0.3 is 20.1 Å². The van der Waals surface area contributed by atoms with Gasteiger partial charge in [0.15, 0.2) is 0 Å². The van der Waals surface area contributed by atoms with Crippen molar-refractivity contribution in [1.29, 1.82) is 0 Å². The van der Waals surface area contributed by atoms with E-state index in [9.17, 15) is 14.4 Å². The highest BCUT2D eigenvalue weighted by atomic mass is 16.6. The van der Waals surface area contributed by atoms with Crippen LogP contribution in [0.5, 0.6) is 0 Å². The van der Waals surface area contributed by atoms with Gasteiger partial charge in [-0.1, -0.05) is 36.9 Å². The molecule has 7 heteroatoms. The molecule has 0 saturated carbocycles. The highest BCUT2D eigenvalue weighted by Crippen LogP contribution is 2.09. The fourth-order valence-electron chi connectivity index (χ4n) is 2.08. The molecule has 0 fully saturated rings. The first-order valence-corrected chi connectivity index (χ1v) is 8.72. The Morgan fingerprint density at radius 2 is 1.70 bits per heavy atom. The maximum Gasteiger partial charge on any atom is 0.408 e. The predicted molar refractivity (Wildman–Crippen MR) is 102 cm³/mol. The van der Waals surface area contributed by atoms with Gasteiger partial charge in [-0.2, -0.15) is 0 Å². The summed E-state index contributed by atoms with van der Waals surface area (Å²) in [5, 5.41) is 4.94. The first-order valence-electron chi connectivity index (χ1n) is 8.72. The summed E-state index contributed by atoms with van der Waals surface area (Å²) >= 11 is 0. The minimum absolute atomic E-state index is 0.197. The largest absolute Gasteiger partial charge is 0.458 e. The monoisotopic (exact) mass is 376 g/mol. The number of alkyl carbamates (subject to hydrolysis) is 1. The van der Waals surface area contributed by atoms with Crippen LogP contribution in [0.3, 0.4) is 0 Å². The van der Waals surface area contributed by atoms with Gasteiger partial charge in [-0.25, -0.2) is 9.59 Å². The van der Waals surface area contributed by atoms with E-state index in [1.165, 1.54) is 0 Å². The van der Waals surface area contributed by atoms with Crippen LogP contribution < -0.4 is 10.6 Å². The molecule has 0 bridgehead atoms. The fraction of sp³-hybridized carbons (Fsp3) is 0.450. The molecule has 1 unspecified atom stereocenters. The van der Waals surface area contributed by atoms with E-state index in [-0.39, 0.29) is 18.2 Å². The molecule has 2 N–H and O–H groups in total. The average molecular weight is 376 g/mol. The second kappa shape index (κ2) is 9.75. The van der Waals surface area contributed by atoms with Crippen molar-refractivity contribution in [3.05, 3.63) is 48.2 Å². The van der Waals surface area contributed by atoms with E-state index in [1.807, 2.05) is 30.3 Å². The van der Waals surface area contributed by atoms with Crippen molar-refractivity contribution in [2.75, 3.05) is 0 Å². The Morgan fingerprint density at radius 3 is 2.22 bits per heavy atom. The molecule has 0 heterocycles. The topological polar surface area (TPSA) is 93.7 Å². The molecule has 1 aromatic rings. The molecular formula is C20H28N2O5. The summed E-state index contributed by atoms with van der Waals surface area (Å²) in [5.74, 6) is -1.32. The minimum Gasteiger partial charge on any atom is -0.458 e. The lowest BCUT2D eigenvalue weighted by molar-refractivity contribution is -0.144. The number of hydrogen-bond donors (Lipinski definition) is 2. The molecule has 0 radical (unpaired) electrons. The normalized spacial score (nSPS) is 12.1. The highest BCUT2D eigenvalue weighted by Gasteiger charge is 2.26. The lowest BCUT2D eigenvalue weighted by atomic mass is 10.1. The van der Waals surface area contributed by atoms with Crippen molar-refractivity contribution in [3.8, 4) is 0 Å². The first kappa shape index (κ1) is 22.2. The summed E-state index contributed by atoms with van der Waals surface area (Å²) in [6, 6.07) is 8.22. The van der Waals surface area contributed by atoms with Crippen LogP contribution in [0.25, 0.3) is 0 Å². The van der Waals surface area contributed by atoms with Crippen LogP contribution in [-0.2, 0) is 25.5 Å². The Labute approximate surface area is 160 Å². The van der Waals surface area contributed by atoms with E-state index in [0.29, 0.717) is 0 Å². The molecule has 0 aliphatic carbocycles. The molecule has 0 aliphatic rings. The molecule has 0 spiro atoms. The average Bonchev–Trinajstić information content (AvgIpc) is 2.52. The standard InChI is InChI=1S/C20H28N2O5/c1-13(2)26-18(24)14(3)21-17(23)16(12-15-10-8-7-9-11-15)22-19(25)27-20(4,5)6/h7-11,13,16H,3,12H2,1-2,4-6H3,(H,21,23)(H,22,25). The zero-order valence-corrected chi connectivity index (χ0v) is 16.5. The first-order chi connectivity index (χ1) is 12.5. The third kappa shape index (κ3) is 8.89. The Kier molecular flexibility index (Phi) is 8.02. The van der Waals surface area contributed by atoms with E-state index in [1.54, 1.807) is 34.6 Å². The summed E-state index contributed by atoms with van der Waals surface area (Å²) in [7, 11) is 0. The summed E-state index contributed by atoms with van der Waals surface area (Å²) < 4.78 is 10.2. The van der Waals surface area contributed by atoms with Gasteiger partial charge in [-0.15, -0.1) is 0 Å². The van der Waals surface area contributed by atoms with Gasteiger partial charge in [-0.3, -0.25) is 4.79 Å². The predicted octanol–water partition coefficient (Wildman–Crippen LogP) is 2.70. The van der Waals surface area contributed by atoms with Crippen molar-refractivity contribution in [3.63, 3.8) is 0 Å². The maximum atomic E-state index is 12.6. The molecule has 0 aromatic heterocycles. The number of carbonyl (C=O) groups excluding carboxylic acids is 3. The Hall–Kier alpha value is -2.83. The zero-order chi connectivity index (χ0) is 20.6. The quantitative estimate of drug-likeness (QED) is 0.564. The van der Waals surface area contributed by atoms with Gasteiger partial charge in [0.05, 0.1) is 6.10 Å². The summed E-state index contributed by atoms with van der Waals surface area (Å²) in [6.45, 7) is 12.1. The van der Waals surface area contributed by atoms with E-state index in [0.717, 1.165) is 5.56 Å². The van der Waals surface area contributed by atoms with Crippen molar-refractivity contribution in [2.45, 2.75) is 58.8 Å². The number of nitrogens with one attached hydrogen (secondary N) is 2. The smallest absolute Gasteiger partial charge is 0.408 e. The van der Waals surface area contributed by atoms with E-state index >= 15 is 0 Å². The molecule has 0 aliphatic heterocycles. The number of ether oxygens (including phenoxy) is 2. The van der Waals surface area contributed by atoms with Crippen molar-refractivity contribution in [2.24, 2.45) is 0 Å².